The number of carbonyl (C=O) groups excluding carboxylic acids is 1. The van der Waals surface area contributed by atoms with E-state index in [1.54, 1.807) is 0 Å². The fourth-order valence-electron chi connectivity index (χ4n) is 2.03. The van der Waals surface area contributed by atoms with Crippen LogP contribution in [0.4, 0.5) is 5.69 Å². The lowest BCUT2D eigenvalue weighted by molar-refractivity contribution is 0.0805. The third kappa shape index (κ3) is 1.88. The van der Waals surface area contributed by atoms with Crippen molar-refractivity contribution >= 4 is 22.8 Å². The molecule has 0 amide bonds. The van der Waals surface area contributed by atoms with E-state index in [-0.39, 0.29) is 5.78 Å². The number of Topliss-reactive ketones (excluding diaryl/α,β-unsaturated/α-hetero) is 1. The number of fused-ring (bicyclic) bond motifs is 1. The number of benzene rings is 1. The van der Waals surface area contributed by atoms with Crippen LogP contribution in [0.25, 0.3) is 0 Å². The van der Waals surface area contributed by atoms with E-state index < -0.39 is 6.10 Å². The van der Waals surface area contributed by atoms with Gasteiger partial charge in [0.1, 0.15) is 5.75 Å². The van der Waals surface area contributed by atoms with Gasteiger partial charge in [-0.1, -0.05) is 12.1 Å². The number of hydrogen-bond donors (Lipinski definition) is 1. The summed E-state index contributed by atoms with van der Waals surface area (Å²) in [4.78, 5) is 13.1. The van der Waals surface area contributed by atoms with Crippen LogP contribution in [0.5, 0.6) is 5.75 Å². The molecule has 4 heteroatoms. The summed E-state index contributed by atoms with van der Waals surface area (Å²) in [5.74, 6) is 0.806. The molecule has 0 bridgehead atoms. The maximum atomic E-state index is 12.3. The Morgan fingerprint density at radius 1 is 1.39 bits per heavy atom. The fourth-order valence-corrected chi connectivity index (χ4v) is 2.94. The van der Waals surface area contributed by atoms with Gasteiger partial charge in [0.05, 0.1) is 17.1 Å². The smallest absolute Gasteiger partial charge is 0.215 e. The second-order valence-corrected chi connectivity index (χ2v) is 5.20. The standard InChI is InChI=1S/C14H13NO2S/c1-9-6-7-18-14(9)13(16)12-8-15-10-4-2-3-5-11(10)17-12/h2-7,12,15H,8H2,1H3. The number of para-hydroxylation sites is 2. The summed E-state index contributed by atoms with van der Waals surface area (Å²) in [7, 11) is 0. The topological polar surface area (TPSA) is 38.3 Å². The van der Waals surface area contributed by atoms with Crippen molar-refractivity contribution in [2.45, 2.75) is 13.0 Å². The highest BCUT2D eigenvalue weighted by molar-refractivity contribution is 7.12. The number of thiophene rings is 1. The fraction of sp³-hybridized carbons (Fsp3) is 0.214. The van der Waals surface area contributed by atoms with E-state index in [0.717, 1.165) is 21.9 Å². The van der Waals surface area contributed by atoms with Crippen molar-refractivity contribution in [1.29, 1.82) is 0 Å². The molecule has 1 aliphatic rings. The average molecular weight is 259 g/mol. The first-order chi connectivity index (χ1) is 8.75. The van der Waals surface area contributed by atoms with Crippen molar-refractivity contribution in [3.05, 3.63) is 46.2 Å². The molecule has 1 unspecified atom stereocenters. The third-order valence-corrected chi connectivity index (χ3v) is 4.04. The molecule has 0 aliphatic carbocycles. The quantitative estimate of drug-likeness (QED) is 0.842. The lowest BCUT2D eigenvalue weighted by atomic mass is 10.1. The lowest BCUT2D eigenvalue weighted by Crippen LogP contribution is -2.37. The normalized spacial score (nSPS) is 17.5. The molecule has 92 valence electrons. The highest BCUT2D eigenvalue weighted by atomic mass is 32.1. The second kappa shape index (κ2) is 4.46. The van der Waals surface area contributed by atoms with Gasteiger partial charge >= 0.3 is 0 Å². The van der Waals surface area contributed by atoms with E-state index in [1.807, 2.05) is 42.6 Å². The van der Waals surface area contributed by atoms with Crippen LogP contribution in [0.1, 0.15) is 15.2 Å². The van der Waals surface area contributed by atoms with Gasteiger partial charge in [0.15, 0.2) is 6.10 Å². The Morgan fingerprint density at radius 2 is 2.22 bits per heavy atom. The second-order valence-electron chi connectivity index (χ2n) is 4.28. The molecule has 1 aromatic heterocycles. The number of aryl methyl sites for hydroxylation is 1. The van der Waals surface area contributed by atoms with E-state index in [9.17, 15) is 4.79 Å². The minimum Gasteiger partial charge on any atom is -0.478 e. The van der Waals surface area contributed by atoms with Gasteiger partial charge in [-0.2, -0.15) is 0 Å². The SMILES string of the molecule is Cc1ccsc1C(=O)C1CNc2ccccc2O1. The van der Waals surface area contributed by atoms with Crippen LogP contribution in [-0.2, 0) is 0 Å². The van der Waals surface area contributed by atoms with Crippen molar-refractivity contribution in [3.8, 4) is 5.75 Å². The molecule has 0 fully saturated rings. The first-order valence-corrected chi connectivity index (χ1v) is 6.71. The van der Waals surface area contributed by atoms with Crippen LogP contribution in [0.15, 0.2) is 35.7 Å². The molecule has 3 rings (SSSR count). The first kappa shape index (κ1) is 11.3. The van der Waals surface area contributed by atoms with E-state index in [1.165, 1.54) is 11.3 Å². The van der Waals surface area contributed by atoms with E-state index in [2.05, 4.69) is 5.32 Å². The van der Waals surface area contributed by atoms with Crippen LogP contribution in [0.3, 0.4) is 0 Å². The number of hydrogen-bond acceptors (Lipinski definition) is 4. The molecule has 0 saturated heterocycles. The number of ketones is 1. The molecule has 0 saturated carbocycles. The summed E-state index contributed by atoms with van der Waals surface area (Å²) in [6.07, 6.45) is -0.433. The van der Waals surface area contributed by atoms with Gasteiger partial charge in [-0.3, -0.25) is 4.79 Å². The van der Waals surface area contributed by atoms with Gasteiger partial charge < -0.3 is 10.1 Å². The number of nitrogens with one attached hydrogen (secondary N) is 1. The average Bonchev–Trinajstić information content (AvgIpc) is 2.83. The molecular formula is C14H13NO2S. The largest absolute Gasteiger partial charge is 0.478 e. The number of ether oxygens (including phenoxy) is 1. The Morgan fingerprint density at radius 3 is 3.00 bits per heavy atom. The summed E-state index contributed by atoms with van der Waals surface area (Å²) in [6, 6.07) is 9.64. The van der Waals surface area contributed by atoms with Gasteiger partial charge in [-0.25, -0.2) is 0 Å². The molecule has 1 aromatic carbocycles. The molecule has 0 spiro atoms. The Balaban J connectivity index is 1.84. The van der Waals surface area contributed by atoms with Crippen LogP contribution < -0.4 is 10.1 Å². The minimum absolute atomic E-state index is 0.0597. The van der Waals surface area contributed by atoms with Gasteiger partial charge in [-0.15, -0.1) is 11.3 Å². The van der Waals surface area contributed by atoms with E-state index in [0.29, 0.717) is 6.54 Å². The monoisotopic (exact) mass is 259 g/mol. The summed E-state index contributed by atoms with van der Waals surface area (Å²) in [5.41, 5.74) is 1.97. The lowest BCUT2D eigenvalue weighted by Gasteiger charge is -2.26. The third-order valence-electron chi connectivity index (χ3n) is 3.01. The highest BCUT2D eigenvalue weighted by Crippen LogP contribution is 2.30. The van der Waals surface area contributed by atoms with Crippen molar-refractivity contribution in [1.82, 2.24) is 0 Å². The van der Waals surface area contributed by atoms with Gasteiger partial charge in [-0.05, 0) is 36.1 Å². The summed E-state index contributed by atoms with van der Waals surface area (Å²) >= 11 is 1.48. The van der Waals surface area contributed by atoms with Crippen molar-refractivity contribution in [3.63, 3.8) is 0 Å². The maximum Gasteiger partial charge on any atom is 0.215 e. The Bertz CT molecular complexity index is 591. The predicted octanol–water partition coefficient (Wildman–Crippen LogP) is 3.11. The predicted molar refractivity (Wildman–Crippen MR) is 72.7 cm³/mol. The molecule has 1 aliphatic heterocycles. The highest BCUT2D eigenvalue weighted by Gasteiger charge is 2.28. The molecule has 1 atom stereocenters. The molecule has 3 nitrogen and oxygen atoms in total. The minimum atomic E-state index is -0.433. The van der Waals surface area contributed by atoms with Crippen LogP contribution >= 0.6 is 11.3 Å². The molecule has 2 heterocycles. The summed E-state index contributed by atoms with van der Waals surface area (Å²) < 4.78 is 5.77. The number of anilines is 1. The Labute approximate surface area is 109 Å². The molecule has 0 radical (unpaired) electrons. The number of rotatable bonds is 2. The molecule has 1 N–H and O–H groups in total. The van der Waals surface area contributed by atoms with Gasteiger partial charge in [0.2, 0.25) is 5.78 Å². The van der Waals surface area contributed by atoms with Crippen molar-refractivity contribution in [2.75, 3.05) is 11.9 Å². The molecule has 18 heavy (non-hydrogen) atoms. The van der Waals surface area contributed by atoms with E-state index >= 15 is 0 Å². The number of carbonyl (C=O) groups is 1. The van der Waals surface area contributed by atoms with Crippen LogP contribution in [0, 0.1) is 6.92 Å². The van der Waals surface area contributed by atoms with E-state index in [4.69, 9.17) is 4.74 Å². The Hall–Kier alpha value is -1.81. The zero-order chi connectivity index (χ0) is 12.5. The van der Waals surface area contributed by atoms with Crippen LogP contribution in [0.2, 0.25) is 0 Å². The van der Waals surface area contributed by atoms with Gasteiger partial charge in [0.25, 0.3) is 0 Å². The summed E-state index contributed by atoms with van der Waals surface area (Å²) in [6.45, 7) is 2.47. The van der Waals surface area contributed by atoms with Crippen molar-refractivity contribution < 1.29 is 9.53 Å². The zero-order valence-corrected chi connectivity index (χ0v) is 10.8. The maximum absolute atomic E-state index is 12.3. The van der Waals surface area contributed by atoms with Crippen molar-refractivity contribution in [2.24, 2.45) is 0 Å². The molecule has 2 aromatic rings. The first-order valence-electron chi connectivity index (χ1n) is 5.83. The van der Waals surface area contributed by atoms with Crippen LogP contribution in [-0.4, -0.2) is 18.4 Å². The molecular weight excluding hydrogens is 246 g/mol. The zero-order valence-electron chi connectivity index (χ0n) is 9.97. The summed E-state index contributed by atoms with van der Waals surface area (Å²) in [5, 5.41) is 5.17. The van der Waals surface area contributed by atoms with Gasteiger partial charge in [0, 0.05) is 0 Å². The Kier molecular flexibility index (Phi) is 2.80.